The Morgan fingerprint density at radius 1 is 0.343 bits per heavy atom. The molecule has 1 amide bonds. The lowest BCUT2D eigenvalue weighted by atomic mass is 9.96. The fourth-order valence-corrected chi connectivity index (χ4v) is 9.86. The Kier molecular flexibility index (Phi) is 49.5. The molecule has 0 aliphatic heterocycles. The number of hydrogen-bond acceptors (Lipinski definition) is 6. The van der Waals surface area contributed by atoms with Crippen LogP contribution >= 0.6 is 0 Å². The minimum atomic E-state index is 0.0119. The third-order valence-electron chi connectivity index (χ3n) is 14.6. The van der Waals surface area contributed by atoms with E-state index in [0.29, 0.717) is 50.4 Å². The van der Waals surface area contributed by atoms with Crippen LogP contribution in [0.15, 0.2) is 0 Å². The van der Waals surface area contributed by atoms with Crippen molar-refractivity contribution in [1.82, 2.24) is 9.80 Å². The van der Waals surface area contributed by atoms with E-state index in [-0.39, 0.29) is 17.8 Å². The zero-order chi connectivity index (χ0) is 49.3. The molecule has 0 radical (unpaired) electrons. The van der Waals surface area contributed by atoms with Crippen LogP contribution in [0.1, 0.15) is 311 Å². The number of nitrogens with zero attached hydrogens (tertiary/aromatic N) is 2. The Morgan fingerprint density at radius 3 is 1.04 bits per heavy atom. The molecule has 0 aromatic carbocycles. The van der Waals surface area contributed by atoms with Gasteiger partial charge in [0.1, 0.15) is 0 Å². The molecule has 0 saturated carbocycles. The van der Waals surface area contributed by atoms with Crippen molar-refractivity contribution in [2.24, 2.45) is 11.8 Å². The first-order valence-corrected chi connectivity index (χ1v) is 30.0. The maximum absolute atomic E-state index is 12.6. The van der Waals surface area contributed by atoms with E-state index in [1.54, 1.807) is 4.90 Å². The van der Waals surface area contributed by atoms with Crippen LogP contribution in [0.5, 0.6) is 0 Å². The van der Waals surface area contributed by atoms with E-state index in [1.165, 1.54) is 225 Å². The summed E-state index contributed by atoms with van der Waals surface area (Å²) in [5, 5.41) is 0. The van der Waals surface area contributed by atoms with Crippen molar-refractivity contribution in [2.75, 3.05) is 40.4 Å². The highest BCUT2D eigenvalue weighted by molar-refractivity contribution is 5.75. The van der Waals surface area contributed by atoms with Gasteiger partial charge in [0.2, 0.25) is 5.91 Å². The first-order chi connectivity index (χ1) is 32.7. The first-order valence-electron chi connectivity index (χ1n) is 30.0. The summed E-state index contributed by atoms with van der Waals surface area (Å²) in [6, 6.07) is 0.633. The summed E-state index contributed by atoms with van der Waals surface area (Å²) in [5.74, 6) is 1.34. The maximum atomic E-state index is 12.6. The van der Waals surface area contributed by atoms with Crippen molar-refractivity contribution >= 4 is 17.8 Å². The molecule has 2 unspecified atom stereocenters. The van der Waals surface area contributed by atoms with Gasteiger partial charge in [0, 0.05) is 39.4 Å². The Bertz CT molecular complexity index is 1010. The Morgan fingerprint density at radius 2 is 0.642 bits per heavy atom. The van der Waals surface area contributed by atoms with Crippen molar-refractivity contribution in [2.45, 2.75) is 317 Å². The molecule has 0 rings (SSSR count). The van der Waals surface area contributed by atoms with E-state index in [2.05, 4.69) is 39.5 Å². The summed E-state index contributed by atoms with van der Waals surface area (Å²) in [4.78, 5) is 42.1. The monoisotopic (exact) mass is 947 g/mol. The van der Waals surface area contributed by atoms with Gasteiger partial charge in [-0.05, 0) is 95.6 Å². The van der Waals surface area contributed by atoms with Gasteiger partial charge in [-0.25, -0.2) is 0 Å². The highest BCUT2D eigenvalue weighted by Crippen LogP contribution is 2.23. The van der Waals surface area contributed by atoms with Crippen molar-refractivity contribution in [3.63, 3.8) is 0 Å². The third kappa shape index (κ3) is 44.1. The van der Waals surface area contributed by atoms with Crippen LogP contribution in [0, 0.1) is 11.8 Å². The molecule has 7 heteroatoms. The lowest BCUT2D eigenvalue weighted by Gasteiger charge is -2.32. The van der Waals surface area contributed by atoms with Crippen LogP contribution in [0.3, 0.4) is 0 Å². The molecule has 0 N–H and O–H groups in total. The molecule has 2 atom stereocenters. The standard InChI is InChI=1S/C60H118N2O5/c1-8-13-18-21-26-31-40-51-62(52-41-32-37-48-58(63)61(6)7)57(46-35-27-22-24-29-38-49-59(64)66-53-55(42-16-11-4)44-33-19-14-9-2)47-36-28-23-25-30-39-50-60(65)67-54-56(43-17-12-5)45-34-20-15-10-3/h55-57H,8-54H2,1-7H3. The van der Waals surface area contributed by atoms with Crippen LogP contribution in [0.4, 0.5) is 0 Å². The first kappa shape index (κ1) is 65.4. The topological polar surface area (TPSA) is 76.2 Å². The number of rotatable bonds is 53. The average Bonchev–Trinajstić information content (AvgIpc) is 3.32. The molecule has 0 aliphatic rings. The van der Waals surface area contributed by atoms with E-state index < -0.39 is 0 Å². The number of esters is 2. The van der Waals surface area contributed by atoms with E-state index in [1.807, 2.05) is 14.1 Å². The zero-order valence-electron chi connectivity index (χ0n) is 46.4. The number of carbonyl (C=O) groups excluding carboxylic acids is 3. The smallest absolute Gasteiger partial charge is 0.305 e. The fourth-order valence-electron chi connectivity index (χ4n) is 9.86. The van der Waals surface area contributed by atoms with Crippen LogP contribution in [0.2, 0.25) is 0 Å². The highest BCUT2D eigenvalue weighted by atomic mass is 16.5. The molecule has 0 heterocycles. The van der Waals surface area contributed by atoms with Gasteiger partial charge in [0.25, 0.3) is 0 Å². The summed E-state index contributed by atoms with van der Waals surface area (Å²) in [5.41, 5.74) is 0. The van der Waals surface area contributed by atoms with Crippen LogP contribution < -0.4 is 0 Å². The van der Waals surface area contributed by atoms with Crippen LogP contribution in [0.25, 0.3) is 0 Å². The van der Waals surface area contributed by atoms with Crippen molar-refractivity contribution < 1.29 is 23.9 Å². The second-order valence-electron chi connectivity index (χ2n) is 21.3. The molecule has 398 valence electrons. The zero-order valence-corrected chi connectivity index (χ0v) is 46.4. The van der Waals surface area contributed by atoms with E-state index in [9.17, 15) is 14.4 Å². The van der Waals surface area contributed by atoms with Crippen molar-refractivity contribution in [3.8, 4) is 0 Å². The molecule has 0 spiro atoms. The normalized spacial score (nSPS) is 13.0. The number of hydrogen-bond donors (Lipinski definition) is 0. The van der Waals surface area contributed by atoms with Crippen molar-refractivity contribution in [1.29, 1.82) is 0 Å². The van der Waals surface area contributed by atoms with E-state index in [0.717, 1.165) is 45.1 Å². The number of ether oxygens (including phenoxy) is 2. The van der Waals surface area contributed by atoms with Crippen LogP contribution in [-0.4, -0.2) is 74.1 Å². The average molecular weight is 948 g/mol. The number of amides is 1. The Labute approximate surface area is 419 Å². The van der Waals surface area contributed by atoms with Gasteiger partial charge in [-0.15, -0.1) is 0 Å². The molecule has 67 heavy (non-hydrogen) atoms. The predicted molar refractivity (Wildman–Crippen MR) is 290 cm³/mol. The van der Waals surface area contributed by atoms with Gasteiger partial charge in [-0.3, -0.25) is 14.4 Å². The predicted octanol–water partition coefficient (Wildman–Crippen LogP) is 17.9. The summed E-state index contributed by atoms with van der Waals surface area (Å²) in [6.45, 7) is 14.9. The quantitative estimate of drug-likeness (QED) is 0.0447. The molecule has 0 aromatic rings. The van der Waals surface area contributed by atoms with Gasteiger partial charge >= 0.3 is 11.9 Å². The molecule has 0 aromatic heterocycles. The maximum Gasteiger partial charge on any atom is 0.305 e. The van der Waals surface area contributed by atoms with Gasteiger partial charge < -0.3 is 19.3 Å². The molecule has 7 nitrogen and oxygen atoms in total. The van der Waals surface area contributed by atoms with Gasteiger partial charge in [0.05, 0.1) is 13.2 Å². The second-order valence-corrected chi connectivity index (χ2v) is 21.3. The summed E-state index contributed by atoms with van der Waals surface area (Å²) < 4.78 is 11.6. The number of unbranched alkanes of at least 4 members (excludes halogenated alkanes) is 26. The molecule has 0 fully saturated rings. The molecule has 0 bridgehead atoms. The highest BCUT2D eigenvalue weighted by Gasteiger charge is 2.19. The van der Waals surface area contributed by atoms with Gasteiger partial charge in [0.15, 0.2) is 0 Å². The lowest BCUT2D eigenvalue weighted by molar-refractivity contribution is -0.146. The molecule has 0 aliphatic carbocycles. The second kappa shape index (κ2) is 50.7. The largest absolute Gasteiger partial charge is 0.465 e. The third-order valence-corrected chi connectivity index (χ3v) is 14.6. The van der Waals surface area contributed by atoms with Gasteiger partial charge in [-0.1, -0.05) is 221 Å². The van der Waals surface area contributed by atoms with Gasteiger partial charge in [-0.2, -0.15) is 0 Å². The van der Waals surface area contributed by atoms with E-state index >= 15 is 0 Å². The molecular formula is C60H118N2O5. The Balaban J connectivity index is 5.06. The van der Waals surface area contributed by atoms with E-state index in [4.69, 9.17) is 9.47 Å². The molecule has 0 saturated heterocycles. The minimum absolute atomic E-state index is 0.0119. The van der Waals surface area contributed by atoms with Crippen LogP contribution in [-0.2, 0) is 23.9 Å². The summed E-state index contributed by atoms with van der Waals surface area (Å²) in [6.07, 6.45) is 51.1. The molecular weight excluding hydrogens is 829 g/mol. The minimum Gasteiger partial charge on any atom is -0.465 e. The lowest BCUT2D eigenvalue weighted by Crippen LogP contribution is -2.37. The summed E-state index contributed by atoms with van der Waals surface area (Å²) in [7, 11) is 3.73. The van der Waals surface area contributed by atoms with Crippen molar-refractivity contribution in [3.05, 3.63) is 0 Å². The Hall–Kier alpha value is -1.63. The summed E-state index contributed by atoms with van der Waals surface area (Å²) >= 11 is 0. The number of carbonyl (C=O) groups is 3. The fraction of sp³-hybridized carbons (Fsp3) is 0.950. The SMILES string of the molecule is CCCCCCCCCN(CCCCCC(=O)N(C)C)C(CCCCCCCCC(=O)OCC(CCCC)CCCCCC)CCCCCCCCC(=O)OCC(CCCC)CCCCCC.